The molecule has 0 spiro atoms. The van der Waals surface area contributed by atoms with Crippen LogP contribution in [0.4, 0.5) is 11.4 Å². The van der Waals surface area contributed by atoms with E-state index in [4.69, 9.17) is 4.74 Å². The summed E-state index contributed by atoms with van der Waals surface area (Å²) < 4.78 is 5.12. The number of benzene rings is 2. The highest BCUT2D eigenvalue weighted by molar-refractivity contribution is 6.04. The summed E-state index contributed by atoms with van der Waals surface area (Å²) in [6.07, 6.45) is 2.81. The van der Waals surface area contributed by atoms with E-state index in [1.54, 1.807) is 48.5 Å². The predicted molar refractivity (Wildman–Crippen MR) is 109 cm³/mol. The molecule has 1 aliphatic carbocycles. The number of rotatable bonds is 6. The highest BCUT2D eigenvalue weighted by atomic mass is 16.5. The molecule has 0 unspecified atom stereocenters. The molecule has 2 aromatic rings. The molecule has 0 heterocycles. The lowest BCUT2D eigenvalue weighted by Gasteiger charge is -2.27. The molecule has 1 saturated carbocycles. The summed E-state index contributed by atoms with van der Waals surface area (Å²) in [6.45, 7) is 0. The van der Waals surface area contributed by atoms with Crippen LogP contribution in [0.2, 0.25) is 0 Å². The van der Waals surface area contributed by atoms with Crippen LogP contribution < -0.4 is 15.4 Å². The van der Waals surface area contributed by atoms with Crippen LogP contribution in [-0.2, 0) is 9.59 Å². The van der Waals surface area contributed by atoms with Crippen molar-refractivity contribution in [2.45, 2.75) is 25.7 Å². The van der Waals surface area contributed by atoms with Gasteiger partial charge in [-0.1, -0.05) is 18.9 Å². The highest BCUT2D eigenvalue weighted by Crippen LogP contribution is 2.31. The minimum absolute atomic E-state index is 0.271. The van der Waals surface area contributed by atoms with Gasteiger partial charge in [0, 0.05) is 16.9 Å². The average Bonchev–Trinajstić information content (AvgIpc) is 2.75. The number of amides is 2. The Morgan fingerprint density at radius 3 is 2.17 bits per heavy atom. The van der Waals surface area contributed by atoms with Gasteiger partial charge in [0.15, 0.2) is 0 Å². The van der Waals surface area contributed by atoms with Crippen molar-refractivity contribution in [3.63, 3.8) is 0 Å². The average molecular weight is 396 g/mol. The summed E-state index contributed by atoms with van der Waals surface area (Å²) in [6, 6.07) is 13.6. The molecule has 152 valence electrons. The van der Waals surface area contributed by atoms with Gasteiger partial charge in [0.25, 0.3) is 5.91 Å². The Morgan fingerprint density at radius 1 is 0.931 bits per heavy atom. The molecule has 0 aromatic heterocycles. The molecule has 7 heteroatoms. The fraction of sp³-hybridized carbons (Fsp3) is 0.318. The normalized spacial score (nSPS) is 18.5. The minimum Gasteiger partial charge on any atom is -0.497 e. The SMILES string of the molecule is COc1cccc(C(=O)Nc2ccc(NC(=O)[C@H]3CCCC[C@H]3C(=O)O)cc2)c1. The molecule has 0 saturated heterocycles. The number of hydrogen-bond donors (Lipinski definition) is 3. The van der Waals surface area contributed by atoms with Crippen molar-refractivity contribution in [3.05, 3.63) is 54.1 Å². The number of ether oxygens (including phenoxy) is 1. The van der Waals surface area contributed by atoms with Crippen LogP contribution in [0.1, 0.15) is 36.0 Å². The zero-order valence-electron chi connectivity index (χ0n) is 16.2. The van der Waals surface area contributed by atoms with Crippen LogP contribution in [0.5, 0.6) is 5.75 Å². The maximum atomic E-state index is 12.5. The lowest BCUT2D eigenvalue weighted by atomic mass is 9.78. The van der Waals surface area contributed by atoms with Gasteiger partial charge in [-0.25, -0.2) is 0 Å². The van der Waals surface area contributed by atoms with Gasteiger partial charge in [-0.05, 0) is 55.3 Å². The monoisotopic (exact) mass is 396 g/mol. The van der Waals surface area contributed by atoms with E-state index >= 15 is 0 Å². The number of anilines is 2. The van der Waals surface area contributed by atoms with Crippen molar-refractivity contribution >= 4 is 29.2 Å². The van der Waals surface area contributed by atoms with E-state index in [-0.39, 0.29) is 11.8 Å². The van der Waals surface area contributed by atoms with Crippen molar-refractivity contribution in [3.8, 4) is 5.75 Å². The van der Waals surface area contributed by atoms with Gasteiger partial charge in [0.05, 0.1) is 18.9 Å². The van der Waals surface area contributed by atoms with Gasteiger partial charge in [0.1, 0.15) is 5.75 Å². The van der Waals surface area contributed by atoms with Crippen LogP contribution in [0.25, 0.3) is 0 Å². The van der Waals surface area contributed by atoms with Crippen LogP contribution in [-0.4, -0.2) is 30.0 Å². The van der Waals surface area contributed by atoms with Gasteiger partial charge in [-0.2, -0.15) is 0 Å². The molecule has 29 heavy (non-hydrogen) atoms. The zero-order valence-corrected chi connectivity index (χ0v) is 16.2. The van der Waals surface area contributed by atoms with Crippen molar-refractivity contribution < 1.29 is 24.2 Å². The second-order valence-electron chi connectivity index (χ2n) is 7.09. The zero-order chi connectivity index (χ0) is 20.8. The summed E-state index contributed by atoms with van der Waals surface area (Å²) in [4.78, 5) is 36.3. The summed E-state index contributed by atoms with van der Waals surface area (Å²) in [5.74, 6) is -2.02. The lowest BCUT2D eigenvalue weighted by Crippen LogP contribution is -2.36. The fourth-order valence-corrected chi connectivity index (χ4v) is 3.58. The first-order valence-corrected chi connectivity index (χ1v) is 9.57. The first kappa shape index (κ1) is 20.4. The van der Waals surface area contributed by atoms with Crippen LogP contribution in [0, 0.1) is 11.8 Å². The third-order valence-electron chi connectivity index (χ3n) is 5.16. The second kappa shape index (κ2) is 9.23. The van der Waals surface area contributed by atoms with Gasteiger partial charge < -0.3 is 20.5 Å². The maximum Gasteiger partial charge on any atom is 0.307 e. The quantitative estimate of drug-likeness (QED) is 0.689. The number of carbonyl (C=O) groups is 3. The molecule has 2 amide bonds. The number of aliphatic carboxylic acids is 1. The Hall–Kier alpha value is -3.35. The van der Waals surface area contributed by atoms with E-state index in [0.717, 1.165) is 12.8 Å². The topological polar surface area (TPSA) is 105 Å². The number of carboxylic acid groups (broad SMARTS) is 1. The Balaban J connectivity index is 1.61. The van der Waals surface area contributed by atoms with E-state index in [9.17, 15) is 19.5 Å². The Labute approximate surface area is 169 Å². The molecule has 1 aliphatic rings. The first-order valence-electron chi connectivity index (χ1n) is 9.57. The van der Waals surface area contributed by atoms with Gasteiger partial charge in [-0.3, -0.25) is 14.4 Å². The lowest BCUT2D eigenvalue weighted by molar-refractivity contribution is -0.147. The summed E-state index contributed by atoms with van der Waals surface area (Å²) in [7, 11) is 1.54. The van der Waals surface area contributed by atoms with E-state index in [2.05, 4.69) is 10.6 Å². The molecule has 3 N–H and O–H groups in total. The number of carboxylic acids is 1. The molecule has 3 rings (SSSR count). The van der Waals surface area contributed by atoms with Crippen LogP contribution in [0.15, 0.2) is 48.5 Å². The summed E-state index contributed by atoms with van der Waals surface area (Å²) >= 11 is 0. The van der Waals surface area contributed by atoms with Crippen molar-refractivity contribution in [2.75, 3.05) is 17.7 Å². The number of carbonyl (C=O) groups excluding carboxylic acids is 2. The van der Waals surface area contributed by atoms with Crippen molar-refractivity contribution in [1.82, 2.24) is 0 Å². The van der Waals surface area contributed by atoms with E-state index in [1.807, 2.05) is 0 Å². The Morgan fingerprint density at radius 2 is 1.55 bits per heavy atom. The molecule has 0 radical (unpaired) electrons. The fourth-order valence-electron chi connectivity index (χ4n) is 3.58. The smallest absolute Gasteiger partial charge is 0.307 e. The second-order valence-corrected chi connectivity index (χ2v) is 7.09. The van der Waals surface area contributed by atoms with Gasteiger partial charge in [-0.15, -0.1) is 0 Å². The third-order valence-corrected chi connectivity index (χ3v) is 5.16. The van der Waals surface area contributed by atoms with E-state index < -0.39 is 17.8 Å². The molecule has 0 bridgehead atoms. The summed E-state index contributed by atoms with van der Waals surface area (Å²) in [5.41, 5.74) is 1.61. The van der Waals surface area contributed by atoms with Crippen molar-refractivity contribution in [2.24, 2.45) is 11.8 Å². The van der Waals surface area contributed by atoms with Crippen LogP contribution in [0.3, 0.4) is 0 Å². The molecule has 1 fully saturated rings. The minimum atomic E-state index is -0.916. The summed E-state index contributed by atoms with van der Waals surface area (Å²) in [5, 5.41) is 14.9. The molecular weight excluding hydrogens is 372 g/mol. The van der Waals surface area contributed by atoms with E-state index in [0.29, 0.717) is 35.5 Å². The Bertz CT molecular complexity index is 894. The Kier molecular flexibility index (Phi) is 6.49. The standard InChI is InChI=1S/C22H24N2O5/c1-29-17-6-4-5-14(13-17)20(25)23-15-9-11-16(12-10-15)24-21(26)18-7-2-3-8-19(18)22(27)28/h4-6,9-13,18-19H,2-3,7-8H2,1H3,(H,23,25)(H,24,26)(H,27,28)/t18-,19+/m0/s1. The van der Waals surface area contributed by atoms with Crippen LogP contribution >= 0.6 is 0 Å². The number of methoxy groups -OCH3 is 1. The maximum absolute atomic E-state index is 12.5. The predicted octanol–water partition coefficient (Wildman–Crippen LogP) is 3.78. The highest BCUT2D eigenvalue weighted by Gasteiger charge is 2.35. The molecule has 2 atom stereocenters. The molecule has 2 aromatic carbocycles. The van der Waals surface area contributed by atoms with Crippen molar-refractivity contribution in [1.29, 1.82) is 0 Å². The van der Waals surface area contributed by atoms with Gasteiger partial charge in [0.2, 0.25) is 5.91 Å². The molecular formula is C22H24N2O5. The molecule has 7 nitrogen and oxygen atoms in total. The third kappa shape index (κ3) is 5.13. The largest absolute Gasteiger partial charge is 0.497 e. The molecule has 0 aliphatic heterocycles. The number of hydrogen-bond acceptors (Lipinski definition) is 4. The van der Waals surface area contributed by atoms with Gasteiger partial charge >= 0.3 is 5.97 Å². The van der Waals surface area contributed by atoms with E-state index in [1.165, 1.54) is 7.11 Å². The first-order chi connectivity index (χ1) is 14.0. The number of nitrogens with one attached hydrogen (secondary N) is 2.